The number of nitrogens with zero attached hydrogens (tertiary/aromatic N) is 1. The summed E-state index contributed by atoms with van der Waals surface area (Å²) in [5, 5.41) is 2.85. The molecule has 1 amide bonds. The van der Waals surface area contributed by atoms with Gasteiger partial charge in [0.15, 0.2) is 17.7 Å². The highest BCUT2D eigenvalue weighted by Gasteiger charge is 2.19. The van der Waals surface area contributed by atoms with Crippen molar-refractivity contribution >= 4 is 11.6 Å². The summed E-state index contributed by atoms with van der Waals surface area (Å²) >= 11 is 0. The van der Waals surface area contributed by atoms with Gasteiger partial charge >= 0.3 is 0 Å². The molecule has 0 aromatic heterocycles. The number of nitrogens with one attached hydrogen (secondary N) is 1. The van der Waals surface area contributed by atoms with Crippen LogP contribution in [0.3, 0.4) is 0 Å². The van der Waals surface area contributed by atoms with Crippen molar-refractivity contribution in [2.24, 2.45) is 0 Å². The number of likely N-dealkylation sites (N-methyl/N-ethyl adjacent to an activating group) is 1. The van der Waals surface area contributed by atoms with Crippen LogP contribution in [0.5, 0.6) is 5.75 Å². The normalized spacial score (nSPS) is 11.6. The predicted octanol–water partition coefficient (Wildman–Crippen LogP) is 3.24. The maximum atomic E-state index is 13.6. The van der Waals surface area contributed by atoms with Crippen LogP contribution in [0.25, 0.3) is 0 Å². The van der Waals surface area contributed by atoms with Crippen molar-refractivity contribution in [3.63, 3.8) is 0 Å². The summed E-state index contributed by atoms with van der Waals surface area (Å²) in [4.78, 5) is 14.3. The predicted molar refractivity (Wildman–Crippen MR) is 93.8 cm³/mol. The molecule has 0 saturated carbocycles. The molecule has 0 radical (unpaired) electrons. The van der Waals surface area contributed by atoms with Crippen molar-refractivity contribution in [2.45, 2.75) is 19.4 Å². The topological polar surface area (TPSA) is 41.6 Å². The summed E-state index contributed by atoms with van der Waals surface area (Å²) in [6.45, 7) is 2.99. The van der Waals surface area contributed by atoms with E-state index in [0.717, 1.165) is 5.69 Å². The molecule has 128 valence electrons. The highest BCUT2D eigenvalue weighted by Crippen LogP contribution is 2.18. The molecule has 24 heavy (non-hydrogen) atoms. The number of hydrogen-bond donors (Lipinski definition) is 1. The number of anilines is 1. The minimum absolute atomic E-state index is 0.0981. The molecule has 0 saturated heterocycles. The van der Waals surface area contributed by atoms with E-state index in [4.69, 9.17) is 4.74 Å². The van der Waals surface area contributed by atoms with E-state index in [1.54, 1.807) is 12.1 Å². The largest absolute Gasteiger partial charge is 0.478 e. The highest BCUT2D eigenvalue weighted by atomic mass is 19.1. The van der Waals surface area contributed by atoms with Crippen LogP contribution in [0, 0.1) is 5.82 Å². The van der Waals surface area contributed by atoms with Crippen LogP contribution in [0.1, 0.15) is 13.3 Å². The monoisotopic (exact) mass is 330 g/mol. The number of carbonyl (C=O) groups is 1. The Morgan fingerprint density at radius 1 is 1.17 bits per heavy atom. The number of ether oxygens (including phenoxy) is 1. The van der Waals surface area contributed by atoms with Crippen molar-refractivity contribution < 1.29 is 13.9 Å². The number of halogens is 1. The fourth-order valence-corrected chi connectivity index (χ4v) is 2.29. The van der Waals surface area contributed by atoms with Crippen molar-refractivity contribution in [3.8, 4) is 5.75 Å². The zero-order chi connectivity index (χ0) is 17.4. The number of para-hydroxylation sites is 2. The highest BCUT2D eigenvalue weighted by molar-refractivity contribution is 5.81. The summed E-state index contributed by atoms with van der Waals surface area (Å²) < 4.78 is 19.1. The fraction of sp³-hybridized carbons (Fsp3) is 0.316. The number of benzene rings is 2. The van der Waals surface area contributed by atoms with Gasteiger partial charge in [-0.3, -0.25) is 4.79 Å². The Balaban J connectivity index is 1.83. The van der Waals surface area contributed by atoms with E-state index in [0.29, 0.717) is 19.5 Å². The van der Waals surface area contributed by atoms with Gasteiger partial charge in [0.1, 0.15) is 0 Å². The lowest BCUT2D eigenvalue weighted by molar-refractivity contribution is -0.128. The third-order valence-corrected chi connectivity index (χ3v) is 3.71. The molecule has 0 fully saturated rings. The lowest BCUT2D eigenvalue weighted by atomic mass is 10.2. The minimum atomic E-state index is -0.705. The Morgan fingerprint density at radius 2 is 1.83 bits per heavy atom. The number of carbonyl (C=O) groups excluding carboxylic acids is 1. The summed E-state index contributed by atoms with van der Waals surface area (Å²) in [6, 6.07) is 16.0. The molecule has 5 heteroatoms. The average molecular weight is 330 g/mol. The lowest BCUT2D eigenvalue weighted by Crippen LogP contribution is -2.41. The molecular formula is C19H23FN2O2. The van der Waals surface area contributed by atoms with Gasteiger partial charge in [-0.1, -0.05) is 37.3 Å². The lowest BCUT2D eigenvalue weighted by Gasteiger charge is -2.21. The van der Waals surface area contributed by atoms with Crippen LogP contribution in [0.4, 0.5) is 10.1 Å². The van der Waals surface area contributed by atoms with Gasteiger partial charge in [0.2, 0.25) is 0 Å². The second-order valence-corrected chi connectivity index (χ2v) is 5.49. The zero-order valence-electron chi connectivity index (χ0n) is 14.0. The van der Waals surface area contributed by atoms with Crippen molar-refractivity contribution in [2.75, 3.05) is 25.0 Å². The van der Waals surface area contributed by atoms with Crippen LogP contribution >= 0.6 is 0 Å². The van der Waals surface area contributed by atoms with E-state index in [9.17, 15) is 9.18 Å². The van der Waals surface area contributed by atoms with E-state index < -0.39 is 11.9 Å². The first-order chi connectivity index (χ1) is 11.6. The quantitative estimate of drug-likeness (QED) is 0.808. The number of rotatable bonds is 8. The summed E-state index contributed by atoms with van der Waals surface area (Å²) in [6.07, 6.45) is -0.238. The van der Waals surface area contributed by atoms with Crippen LogP contribution in [0.15, 0.2) is 54.6 Å². The minimum Gasteiger partial charge on any atom is -0.478 e. The molecule has 0 aliphatic heterocycles. The molecule has 0 aliphatic rings. The van der Waals surface area contributed by atoms with Crippen LogP contribution in [-0.2, 0) is 4.79 Å². The fourth-order valence-electron chi connectivity index (χ4n) is 2.29. The van der Waals surface area contributed by atoms with Gasteiger partial charge in [-0.2, -0.15) is 0 Å². The summed E-state index contributed by atoms with van der Waals surface area (Å²) in [7, 11) is 1.97. The molecule has 0 heterocycles. The molecule has 2 aromatic rings. The molecule has 2 aromatic carbocycles. The molecule has 4 nitrogen and oxygen atoms in total. The van der Waals surface area contributed by atoms with Gasteiger partial charge in [-0.15, -0.1) is 0 Å². The second-order valence-electron chi connectivity index (χ2n) is 5.49. The van der Waals surface area contributed by atoms with E-state index >= 15 is 0 Å². The second kappa shape index (κ2) is 8.91. The Labute approximate surface area is 142 Å². The maximum Gasteiger partial charge on any atom is 0.261 e. The Morgan fingerprint density at radius 3 is 2.50 bits per heavy atom. The zero-order valence-corrected chi connectivity index (χ0v) is 14.0. The molecule has 1 atom stereocenters. The SMILES string of the molecule is CC[C@@H](Oc1ccccc1F)C(=O)NCCN(C)c1ccccc1. The molecule has 0 aliphatic carbocycles. The Hall–Kier alpha value is -2.56. The molecule has 0 spiro atoms. The summed E-state index contributed by atoms with van der Waals surface area (Å²) in [5.41, 5.74) is 1.08. The van der Waals surface area contributed by atoms with Crippen LogP contribution < -0.4 is 15.0 Å². The third kappa shape index (κ3) is 4.98. The summed E-state index contributed by atoms with van der Waals surface area (Å²) in [5.74, 6) is -0.601. The van der Waals surface area contributed by atoms with E-state index in [1.165, 1.54) is 12.1 Å². The standard InChI is InChI=1S/C19H23FN2O2/c1-3-17(24-18-12-8-7-11-16(18)20)19(23)21-13-14-22(2)15-9-5-4-6-10-15/h4-12,17H,3,13-14H2,1-2H3,(H,21,23)/t17-/m1/s1. The third-order valence-electron chi connectivity index (χ3n) is 3.71. The van der Waals surface area contributed by atoms with E-state index in [2.05, 4.69) is 10.2 Å². The van der Waals surface area contributed by atoms with Crippen molar-refractivity contribution in [3.05, 3.63) is 60.4 Å². The molecular weight excluding hydrogens is 307 g/mol. The smallest absolute Gasteiger partial charge is 0.261 e. The maximum absolute atomic E-state index is 13.6. The van der Waals surface area contributed by atoms with Gasteiger partial charge < -0.3 is 15.0 Å². The molecule has 0 unspecified atom stereocenters. The van der Waals surface area contributed by atoms with Crippen LogP contribution in [-0.4, -0.2) is 32.1 Å². The Bertz CT molecular complexity index is 649. The van der Waals surface area contributed by atoms with Gasteiger partial charge in [0, 0.05) is 25.8 Å². The first kappa shape index (κ1) is 17.8. The first-order valence-corrected chi connectivity index (χ1v) is 8.07. The Kier molecular flexibility index (Phi) is 6.61. The molecule has 0 bridgehead atoms. The number of hydrogen-bond acceptors (Lipinski definition) is 3. The van der Waals surface area contributed by atoms with Gasteiger partial charge in [0.05, 0.1) is 0 Å². The number of amides is 1. The molecule has 2 rings (SSSR count). The van der Waals surface area contributed by atoms with Crippen molar-refractivity contribution in [1.82, 2.24) is 5.32 Å². The van der Waals surface area contributed by atoms with Gasteiger partial charge in [-0.05, 0) is 30.7 Å². The van der Waals surface area contributed by atoms with Gasteiger partial charge in [0.25, 0.3) is 5.91 Å². The average Bonchev–Trinajstić information content (AvgIpc) is 2.61. The van der Waals surface area contributed by atoms with E-state index in [1.807, 2.05) is 44.3 Å². The first-order valence-electron chi connectivity index (χ1n) is 8.07. The van der Waals surface area contributed by atoms with E-state index in [-0.39, 0.29) is 11.7 Å². The molecule has 1 N–H and O–H groups in total. The van der Waals surface area contributed by atoms with Crippen molar-refractivity contribution in [1.29, 1.82) is 0 Å². The van der Waals surface area contributed by atoms with Gasteiger partial charge in [-0.25, -0.2) is 4.39 Å². The van der Waals surface area contributed by atoms with Crippen LogP contribution in [0.2, 0.25) is 0 Å².